The molecule has 1 aliphatic heterocycles. The van der Waals surface area contributed by atoms with Crippen molar-refractivity contribution in [2.75, 3.05) is 32.7 Å². The standard InChI is InChI=1S/C28H32N4O3/c1-29(2)17-8-13-24-30(3)28(35)26-27(34)23(33)16-18-31(26)32(24)25-21-11-6-4-9-19(21)14-15-20-10-5-7-12-22(20)25/h4-7,9-12,16,18,24-25,34H,8,13-15,17H2,1-3H3. The molecular formula is C28H32N4O3. The van der Waals surface area contributed by atoms with Crippen LogP contribution in [0.5, 0.6) is 5.75 Å². The average molecular weight is 473 g/mol. The highest BCUT2D eigenvalue weighted by Crippen LogP contribution is 2.40. The number of benzene rings is 2. The number of carbonyl (C=O) groups excluding carboxylic acids is 1. The van der Waals surface area contributed by atoms with Gasteiger partial charge in [0.15, 0.2) is 11.4 Å². The minimum atomic E-state index is -0.550. The SMILES string of the molecule is CN(C)CCCC1N(C)C(=O)c2c(O)c(=O)ccn2N1C1c2ccccc2CCc2ccccc21. The van der Waals surface area contributed by atoms with E-state index in [0.717, 1.165) is 32.2 Å². The van der Waals surface area contributed by atoms with Gasteiger partial charge in [-0.25, -0.2) is 0 Å². The summed E-state index contributed by atoms with van der Waals surface area (Å²) in [5, 5.41) is 12.9. The van der Waals surface area contributed by atoms with Crippen LogP contribution in [-0.2, 0) is 12.8 Å². The summed E-state index contributed by atoms with van der Waals surface area (Å²) in [5.41, 5.74) is 4.37. The number of hydrogen-bond donors (Lipinski definition) is 1. The molecule has 0 spiro atoms. The molecular weight excluding hydrogens is 440 g/mol. The fourth-order valence-corrected chi connectivity index (χ4v) is 5.52. The Kier molecular flexibility index (Phi) is 6.11. The number of aromatic nitrogens is 1. The Labute approximate surface area is 205 Å². The molecule has 7 nitrogen and oxygen atoms in total. The lowest BCUT2D eigenvalue weighted by molar-refractivity contribution is 0.0600. The number of aromatic hydroxyl groups is 1. The molecule has 5 rings (SSSR count). The molecule has 1 unspecified atom stereocenters. The van der Waals surface area contributed by atoms with Crippen LogP contribution in [0.3, 0.4) is 0 Å². The zero-order valence-electron chi connectivity index (χ0n) is 20.5. The fourth-order valence-electron chi connectivity index (χ4n) is 5.52. The van der Waals surface area contributed by atoms with E-state index < -0.39 is 11.2 Å². The highest BCUT2D eigenvalue weighted by atomic mass is 16.3. The predicted octanol–water partition coefficient (Wildman–Crippen LogP) is 3.13. The second-order valence-electron chi connectivity index (χ2n) is 9.74. The minimum absolute atomic E-state index is 0.0167. The van der Waals surface area contributed by atoms with Crippen LogP contribution in [0.1, 0.15) is 51.6 Å². The number of fused-ring (bicyclic) bond motifs is 3. The molecule has 7 heteroatoms. The molecule has 0 saturated carbocycles. The van der Waals surface area contributed by atoms with E-state index in [0.29, 0.717) is 0 Å². The minimum Gasteiger partial charge on any atom is -0.502 e. The van der Waals surface area contributed by atoms with Gasteiger partial charge in [0.1, 0.15) is 6.17 Å². The van der Waals surface area contributed by atoms with Gasteiger partial charge < -0.3 is 14.9 Å². The van der Waals surface area contributed by atoms with Gasteiger partial charge in [0.05, 0.1) is 6.04 Å². The summed E-state index contributed by atoms with van der Waals surface area (Å²) in [5.74, 6) is -0.849. The molecule has 1 N–H and O–H groups in total. The maximum Gasteiger partial charge on any atom is 0.277 e. The lowest BCUT2D eigenvalue weighted by Gasteiger charge is -2.49. The molecule has 1 aliphatic carbocycles. The van der Waals surface area contributed by atoms with Gasteiger partial charge in [0.25, 0.3) is 5.91 Å². The van der Waals surface area contributed by atoms with E-state index in [2.05, 4.69) is 58.4 Å². The van der Waals surface area contributed by atoms with Crippen LogP contribution in [0.2, 0.25) is 0 Å². The summed E-state index contributed by atoms with van der Waals surface area (Å²) < 4.78 is 1.73. The Morgan fingerprint density at radius 1 is 0.943 bits per heavy atom. The number of pyridine rings is 1. The predicted molar refractivity (Wildman–Crippen MR) is 136 cm³/mol. The maximum atomic E-state index is 13.5. The topological polar surface area (TPSA) is 69.0 Å². The first kappa shape index (κ1) is 23.2. The van der Waals surface area contributed by atoms with Gasteiger partial charge in [0.2, 0.25) is 5.43 Å². The maximum absolute atomic E-state index is 13.5. The Bertz CT molecular complexity index is 1270. The quantitative estimate of drug-likeness (QED) is 0.618. The van der Waals surface area contributed by atoms with Crippen LogP contribution >= 0.6 is 0 Å². The molecule has 2 aliphatic rings. The second kappa shape index (κ2) is 9.23. The van der Waals surface area contributed by atoms with Crippen LogP contribution in [-0.4, -0.2) is 59.3 Å². The lowest BCUT2D eigenvalue weighted by atomic mass is 9.93. The third kappa shape index (κ3) is 4.00. The molecule has 35 heavy (non-hydrogen) atoms. The van der Waals surface area contributed by atoms with Crippen molar-refractivity contribution < 1.29 is 9.90 Å². The monoisotopic (exact) mass is 472 g/mol. The van der Waals surface area contributed by atoms with Crippen molar-refractivity contribution in [3.63, 3.8) is 0 Å². The molecule has 2 aromatic carbocycles. The summed E-state index contributed by atoms with van der Waals surface area (Å²) in [6.07, 6.45) is 4.87. The highest BCUT2D eigenvalue weighted by Gasteiger charge is 2.42. The molecule has 1 amide bonds. The number of amides is 1. The van der Waals surface area contributed by atoms with Gasteiger partial charge in [0, 0.05) is 19.3 Å². The normalized spacial score (nSPS) is 17.7. The first-order chi connectivity index (χ1) is 16.9. The van der Waals surface area contributed by atoms with Crippen LogP contribution in [0.4, 0.5) is 0 Å². The molecule has 2 heterocycles. The van der Waals surface area contributed by atoms with Crippen LogP contribution in [0.25, 0.3) is 0 Å². The summed E-state index contributed by atoms with van der Waals surface area (Å²) in [7, 11) is 5.86. The van der Waals surface area contributed by atoms with Crippen LogP contribution in [0, 0.1) is 0 Å². The third-order valence-corrected chi connectivity index (χ3v) is 7.27. The van der Waals surface area contributed by atoms with E-state index in [-0.39, 0.29) is 23.8 Å². The zero-order valence-corrected chi connectivity index (χ0v) is 20.5. The van der Waals surface area contributed by atoms with Crippen molar-refractivity contribution in [1.82, 2.24) is 14.5 Å². The Morgan fingerprint density at radius 2 is 1.54 bits per heavy atom. The third-order valence-electron chi connectivity index (χ3n) is 7.27. The van der Waals surface area contributed by atoms with E-state index in [1.165, 1.54) is 28.3 Å². The van der Waals surface area contributed by atoms with Crippen molar-refractivity contribution in [3.05, 3.63) is 99.0 Å². The number of carbonyl (C=O) groups is 1. The summed E-state index contributed by atoms with van der Waals surface area (Å²) in [4.78, 5) is 29.6. The smallest absolute Gasteiger partial charge is 0.277 e. The van der Waals surface area contributed by atoms with Crippen LogP contribution in [0.15, 0.2) is 65.6 Å². The molecule has 0 saturated heterocycles. The first-order valence-electron chi connectivity index (χ1n) is 12.2. The molecule has 1 aromatic heterocycles. The van der Waals surface area contributed by atoms with E-state index in [1.807, 2.05) is 14.1 Å². The van der Waals surface area contributed by atoms with Gasteiger partial charge in [-0.3, -0.25) is 19.3 Å². The first-order valence-corrected chi connectivity index (χ1v) is 12.2. The Balaban J connectivity index is 1.76. The van der Waals surface area contributed by atoms with Crippen LogP contribution < -0.4 is 10.4 Å². The average Bonchev–Trinajstić information content (AvgIpc) is 3.01. The number of aryl methyl sites for hydroxylation is 2. The molecule has 0 fully saturated rings. The molecule has 0 bridgehead atoms. The van der Waals surface area contributed by atoms with Crippen molar-refractivity contribution in [2.24, 2.45) is 0 Å². The van der Waals surface area contributed by atoms with Gasteiger partial charge in [-0.15, -0.1) is 0 Å². The second-order valence-corrected chi connectivity index (χ2v) is 9.74. The number of rotatable bonds is 5. The Morgan fingerprint density at radius 3 is 2.14 bits per heavy atom. The summed E-state index contributed by atoms with van der Waals surface area (Å²) >= 11 is 0. The van der Waals surface area contributed by atoms with Gasteiger partial charge in [-0.05, 0) is 68.6 Å². The molecule has 0 radical (unpaired) electrons. The van der Waals surface area contributed by atoms with Crippen molar-refractivity contribution in [3.8, 4) is 5.75 Å². The largest absolute Gasteiger partial charge is 0.502 e. The van der Waals surface area contributed by atoms with E-state index >= 15 is 0 Å². The number of hydrogen-bond acceptors (Lipinski definition) is 5. The van der Waals surface area contributed by atoms with E-state index in [9.17, 15) is 14.7 Å². The Hall–Kier alpha value is -3.58. The van der Waals surface area contributed by atoms with E-state index in [4.69, 9.17) is 0 Å². The zero-order chi connectivity index (χ0) is 24.7. The van der Waals surface area contributed by atoms with Crippen molar-refractivity contribution >= 4 is 5.91 Å². The summed E-state index contributed by atoms with van der Waals surface area (Å²) in [6.45, 7) is 0.895. The van der Waals surface area contributed by atoms with Gasteiger partial charge >= 0.3 is 0 Å². The lowest BCUT2D eigenvalue weighted by Crippen LogP contribution is -2.61. The molecule has 182 valence electrons. The molecule has 1 atom stereocenters. The molecule has 3 aromatic rings. The highest BCUT2D eigenvalue weighted by molar-refractivity contribution is 5.96. The van der Waals surface area contributed by atoms with Gasteiger partial charge in [-0.1, -0.05) is 48.5 Å². The van der Waals surface area contributed by atoms with Crippen molar-refractivity contribution in [1.29, 1.82) is 0 Å². The fraction of sp³-hybridized carbons (Fsp3) is 0.357. The number of nitrogens with zero attached hydrogens (tertiary/aromatic N) is 4. The van der Waals surface area contributed by atoms with Crippen molar-refractivity contribution in [2.45, 2.75) is 37.9 Å². The summed E-state index contributed by atoms with van der Waals surface area (Å²) in [6, 6.07) is 18.1. The van der Waals surface area contributed by atoms with Gasteiger partial charge in [-0.2, -0.15) is 0 Å². The van der Waals surface area contributed by atoms with E-state index in [1.54, 1.807) is 22.8 Å².